The van der Waals surface area contributed by atoms with Crippen molar-refractivity contribution in [3.63, 3.8) is 0 Å². The number of hydrogen-bond donors (Lipinski definition) is 0. The first-order valence-corrected chi connectivity index (χ1v) is 10.5. The molecule has 0 radical (unpaired) electrons. The molecule has 0 N–H and O–H groups in total. The monoisotopic (exact) mass is 478 g/mol. The summed E-state index contributed by atoms with van der Waals surface area (Å²) in [4.78, 5) is 25.2. The van der Waals surface area contributed by atoms with E-state index in [9.17, 15) is 9.59 Å². The minimum atomic E-state index is -0.481. The van der Waals surface area contributed by atoms with Gasteiger partial charge in [-0.2, -0.15) is 0 Å². The Hall–Kier alpha value is -3.38. The zero-order chi connectivity index (χ0) is 22.0. The number of esters is 1. The summed E-state index contributed by atoms with van der Waals surface area (Å²) >= 11 is 3.34. The number of Topliss-reactive ketones (excluding diaryl/α,β-unsaturated/α-hetero) is 1. The average Bonchev–Trinajstić information content (AvgIpc) is 3.08. The van der Waals surface area contributed by atoms with Gasteiger partial charge in [-0.25, -0.2) is 4.79 Å². The summed E-state index contributed by atoms with van der Waals surface area (Å²) < 4.78 is 17.7. The lowest BCUT2D eigenvalue weighted by atomic mass is 10.1. The van der Waals surface area contributed by atoms with Crippen molar-refractivity contribution in [2.75, 3.05) is 6.61 Å². The maximum atomic E-state index is 12.8. The summed E-state index contributed by atoms with van der Waals surface area (Å²) in [7, 11) is 0. The van der Waals surface area contributed by atoms with E-state index in [0.29, 0.717) is 34.8 Å². The van der Waals surface area contributed by atoms with Gasteiger partial charge in [0.05, 0.1) is 17.7 Å². The zero-order valence-electron chi connectivity index (χ0n) is 17.0. The number of rotatable bonds is 5. The molecule has 0 bridgehead atoms. The van der Waals surface area contributed by atoms with E-state index in [-0.39, 0.29) is 11.5 Å². The van der Waals surface area contributed by atoms with Crippen LogP contribution in [0.1, 0.15) is 38.8 Å². The molecule has 0 saturated carbocycles. The van der Waals surface area contributed by atoms with E-state index in [4.69, 9.17) is 14.2 Å². The second-order valence-electron chi connectivity index (χ2n) is 6.90. The summed E-state index contributed by atoms with van der Waals surface area (Å²) in [6.07, 6.45) is 1.69. The standard InChI is InChI=1S/C25H19BrO5/c1-3-29-19-10-4-16(5-11-19)14-22-23(27)20-12-13-21(15(2)24(20)30-22)31-25(28)17-6-8-18(26)9-7-17/h4-14H,3H2,1-2H3/b22-14-. The molecule has 3 aromatic rings. The lowest BCUT2D eigenvalue weighted by Gasteiger charge is -2.10. The van der Waals surface area contributed by atoms with Gasteiger partial charge in [0.2, 0.25) is 5.78 Å². The lowest BCUT2D eigenvalue weighted by molar-refractivity contribution is 0.0733. The van der Waals surface area contributed by atoms with E-state index < -0.39 is 5.97 Å². The number of carbonyl (C=O) groups excluding carboxylic acids is 2. The maximum absolute atomic E-state index is 12.8. The van der Waals surface area contributed by atoms with Crippen LogP contribution in [0.2, 0.25) is 0 Å². The molecule has 0 unspecified atom stereocenters. The Morgan fingerprint density at radius 2 is 1.74 bits per heavy atom. The van der Waals surface area contributed by atoms with E-state index in [2.05, 4.69) is 15.9 Å². The third-order valence-electron chi connectivity index (χ3n) is 4.81. The Labute approximate surface area is 188 Å². The molecule has 0 amide bonds. The molecule has 0 atom stereocenters. The van der Waals surface area contributed by atoms with Gasteiger partial charge in [-0.1, -0.05) is 28.1 Å². The minimum absolute atomic E-state index is 0.210. The van der Waals surface area contributed by atoms with Crippen LogP contribution in [-0.4, -0.2) is 18.4 Å². The maximum Gasteiger partial charge on any atom is 0.343 e. The van der Waals surface area contributed by atoms with Crippen LogP contribution in [0.3, 0.4) is 0 Å². The van der Waals surface area contributed by atoms with Crippen molar-refractivity contribution in [1.82, 2.24) is 0 Å². The molecular formula is C25H19BrO5. The molecule has 3 aromatic carbocycles. The van der Waals surface area contributed by atoms with Crippen LogP contribution in [0, 0.1) is 6.92 Å². The van der Waals surface area contributed by atoms with Crippen LogP contribution in [0.25, 0.3) is 6.08 Å². The summed E-state index contributed by atoms with van der Waals surface area (Å²) in [5.74, 6) is 1.05. The molecule has 1 heterocycles. The number of ether oxygens (including phenoxy) is 3. The molecular weight excluding hydrogens is 460 g/mol. The van der Waals surface area contributed by atoms with Gasteiger partial charge in [-0.15, -0.1) is 0 Å². The van der Waals surface area contributed by atoms with Gasteiger partial charge in [0.25, 0.3) is 0 Å². The minimum Gasteiger partial charge on any atom is -0.494 e. The molecule has 0 spiro atoms. The highest BCUT2D eigenvalue weighted by atomic mass is 79.9. The van der Waals surface area contributed by atoms with Crippen molar-refractivity contribution in [2.45, 2.75) is 13.8 Å². The van der Waals surface area contributed by atoms with Crippen molar-refractivity contribution >= 4 is 33.8 Å². The molecule has 0 fully saturated rings. The van der Waals surface area contributed by atoms with E-state index in [1.807, 2.05) is 31.2 Å². The lowest BCUT2D eigenvalue weighted by Crippen LogP contribution is -2.09. The van der Waals surface area contributed by atoms with Crippen LogP contribution in [0.5, 0.6) is 17.2 Å². The first-order valence-electron chi connectivity index (χ1n) is 9.74. The third kappa shape index (κ3) is 4.39. The Morgan fingerprint density at radius 3 is 2.42 bits per heavy atom. The molecule has 1 aliphatic heterocycles. The van der Waals surface area contributed by atoms with Crippen molar-refractivity contribution in [3.05, 3.63) is 93.1 Å². The second-order valence-corrected chi connectivity index (χ2v) is 7.82. The van der Waals surface area contributed by atoms with Crippen molar-refractivity contribution in [1.29, 1.82) is 0 Å². The normalized spacial score (nSPS) is 13.6. The van der Waals surface area contributed by atoms with Crippen molar-refractivity contribution < 1.29 is 23.8 Å². The van der Waals surface area contributed by atoms with Crippen LogP contribution in [-0.2, 0) is 0 Å². The second kappa shape index (κ2) is 8.78. The highest BCUT2D eigenvalue weighted by Crippen LogP contribution is 2.39. The summed E-state index contributed by atoms with van der Waals surface area (Å²) in [5, 5.41) is 0. The van der Waals surface area contributed by atoms with Gasteiger partial charge in [0, 0.05) is 10.0 Å². The number of hydrogen-bond acceptors (Lipinski definition) is 5. The Morgan fingerprint density at radius 1 is 1.03 bits per heavy atom. The Balaban J connectivity index is 1.56. The highest BCUT2D eigenvalue weighted by Gasteiger charge is 2.30. The number of halogens is 1. The number of fused-ring (bicyclic) bond motifs is 1. The number of ketones is 1. The van der Waals surface area contributed by atoms with Crippen LogP contribution < -0.4 is 14.2 Å². The molecule has 156 valence electrons. The third-order valence-corrected chi connectivity index (χ3v) is 5.34. The van der Waals surface area contributed by atoms with Gasteiger partial charge in [-0.3, -0.25) is 4.79 Å². The number of benzene rings is 3. The number of allylic oxidation sites excluding steroid dienone is 1. The smallest absolute Gasteiger partial charge is 0.343 e. The van der Waals surface area contributed by atoms with Crippen molar-refractivity contribution in [3.8, 4) is 17.2 Å². The predicted molar refractivity (Wildman–Crippen MR) is 121 cm³/mol. The zero-order valence-corrected chi connectivity index (χ0v) is 18.6. The van der Waals surface area contributed by atoms with Gasteiger partial charge in [0.15, 0.2) is 5.76 Å². The highest BCUT2D eigenvalue weighted by molar-refractivity contribution is 9.10. The predicted octanol–water partition coefficient (Wildman–Crippen LogP) is 5.99. The fraction of sp³-hybridized carbons (Fsp3) is 0.120. The molecule has 4 rings (SSSR count). The Kier molecular flexibility index (Phi) is 5.91. The summed E-state index contributed by atoms with van der Waals surface area (Å²) in [5.41, 5.74) is 2.28. The largest absolute Gasteiger partial charge is 0.494 e. The SMILES string of the molecule is CCOc1ccc(/C=C2\Oc3c(ccc(OC(=O)c4ccc(Br)cc4)c3C)C2=O)cc1. The summed E-state index contributed by atoms with van der Waals surface area (Å²) in [6.45, 7) is 4.27. The quantitative estimate of drug-likeness (QED) is 0.256. The molecule has 0 aromatic heterocycles. The van der Waals surface area contributed by atoms with Crippen LogP contribution >= 0.6 is 15.9 Å². The van der Waals surface area contributed by atoms with Gasteiger partial charge in [0.1, 0.15) is 17.2 Å². The van der Waals surface area contributed by atoms with E-state index in [0.717, 1.165) is 15.8 Å². The molecule has 0 aliphatic carbocycles. The van der Waals surface area contributed by atoms with E-state index >= 15 is 0 Å². The first-order chi connectivity index (χ1) is 15.0. The topological polar surface area (TPSA) is 61.8 Å². The van der Waals surface area contributed by atoms with Gasteiger partial charge < -0.3 is 14.2 Å². The number of carbonyl (C=O) groups is 2. The molecule has 5 nitrogen and oxygen atoms in total. The van der Waals surface area contributed by atoms with Crippen LogP contribution in [0.15, 0.2) is 70.9 Å². The fourth-order valence-corrected chi connectivity index (χ4v) is 3.47. The Bertz CT molecular complexity index is 1180. The molecule has 31 heavy (non-hydrogen) atoms. The first kappa shape index (κ1) is 20.9. The summed E-state index contributed by atoms with van der Waals surface area (Å²) in [6, 6.07) is 17.5. The van der Waals surface area contributed by atoms with Crippen molar-refractivity contribution in [2.24, 2.45) is 0 Å². The van der Waals surface area contributed by atoms with Gasteiger partial charge >= 0.3 is 5.97 Å². The fourth-order valence-electron chi connectivity index (χ4n) is 3.20. The molecule has 6 heteroatoms. The van der Waals surface area contributed by atoms with Crippen LogP contribution in [0.4, 0.5) is 0 Å². The van der Waals surface area contributed by atoms with E-state index in [1.165, 1.54) is 0 Å². The molecule has 1 aliphatic rings. The average molecular weight is 479 g/mol. The van der Waals surface area contributed by atoms with Gasteiger partial charge in [-0.05, 0) is 74.0 Å². The molecule has 0 saturated heterocycles. The van der Waals surface area contributed by atoms with E-state index in [1.54, 1.807) is 49.4 Å².